The van der Waals surface area contributed by atoms with Crippen molar-refractivity contribution in [1.82, 2.24) is 0 Å². The molecule has 0 amide bonds. The predicted molar refractivity (Wildman–Crippen MR) is 137 cm³/mol. The van der Waals surface area contributed by atoms with Gasteiger partial charge in [-0.1, -0.05) is 112 Å². The molecule has 198 valence electrons. The smallest absolute Gasteiger partial charge is 0.872 e. The van der Waals surface area contributed by atoms with Crippen molar-refractivity contribution in [2.24, 2.45) is 0 Å². The summed E-state index contributed by atoms with van der Waals surface area (Å²) in [4.78, 5) is 23.8. The summed E-state index contributed by atoms with van der Waals surface area (Å²) in [6.07, 6.45) is 8.48. The molecule has 0 unspecified atom stereocenters. The Morgan fingerprint density at radius 2 is 0.865 bits per heavy atom. The quantitative estimate of drug-likeness (QED) is 0.166. The van der Waals surface area contributed by atoms with Crippen LogP contribution in [0, 0.1) is 0 Å². The number of allylic oxidation sites excluding steroid dienone is 2. The van der Waals surface area contributed by atoms with Crippen LogP contribution in [-0.4, -0.2) is 24.8 Å². The van der Waals surface area contributed by atoms with Crippen LogP contribution in [0.1, 0.15) is 76.3 Å². The molecule has 0 aromatic heterocycles. The Hall–Kier alpha value is -2.51. The van der Waals surface area contributed by atoms with Crippen LogP contribution in [0.3, 0.4) is 0 Å². The van der Waals surface area contributed by atoms with E-state index in [-0.39, 0.29) is 58.0 Å². The number of hydrogen-bond donors (Lipinski definition) is 0. The minimum atomic E-state index is -0.243. The molecule has 0 N–H and O–H groups in total. The molecule has 2 aromatic rings. The van der Waals surface area contributed by atoms with Crippen molar-refractivity contribution in [2.75, 3.05) is 13.2 Å². The topological polar surface area (TPSA) is 126 Å². The summed E-state index contributed by atoms with van der Waals surface area (Å²) in [7, 11) is 0. The van der Waals surface area contributed by atoms with Crippen molar-refractivity contribution in [3.05, 3.63) is 83.9 Å². The van der Waals surface area contributed by atoms with E-state index in [9.17, 15) is 19.8 Å². The van der Waals surface area contributed by atoms with Crippen LogP contribution in [0.25, 0.3) is 11.5 Å². The summed E-state index contributed by atoms with van der Waals surface area (Å²) in [5, 5.41) is 41.7. The first kappa shape index (κ1) is 36.7. The molecule has 0 atom stereocenters. The average Bonchev–Trinajstić information content (AvgIpc) is 2.87. The van der Waals surface area contributed by atoms with Gasteiger partial charge in [0, 0.05) is 12.8 Å². The second-order valence-corrected chi connectivity index (χ2v) is 7.88. The zero-order valence-electron chi connectivity index (χ0n) is 21.9. The maximum absolute atomic E-state index is 11.9. The molecule has 0 saturated heterocycles. The van der Waals surface area contributed by atoms with Crippen LogP contribution in [0.5, 0.6) is 0 Å². The van der Waals surface area contributed by atoms with E-state index in [0.29, 0.717) is 24.0 Å². The SMILES string of the molecule is CC[O-].CC[O-].O=C(C=C([O-])c1ccccc1)CCCCCCCCC(=O)C=C([O-])c1ccccc1.[Ti+4]. The normalized spacial score (nSPS) is 10.7. The number of carbonyl (C=O) groups is 2. The van der Waals surface area contributed by atoms with E-state index in [4.69, 9.17) is 10.2 Å². The molecule has 0 heterocycles. The first-order valence-corrected chi connectivity index (χ1v) is 12.5. The van der Waals surface area contributed by atoms with Gasteiger partial charge in [-0.15, -0.1) is 13.2 Å². The van der Waals surface area contributed by atoms with Crippen LogP contribution >= 0.6 is 0 Å². The molecule has 37 heavy (non-hydrogen) atoms. The van der Waals surface area contributed by atoms with Crippen molar-refractivity contribution >= 4 is 23.1 Å². The molecule has 0 spiro atoms. The standard InChI is InChI=1S/C26H30O4.2C2H5O.Ti/c27-23(19-25(29)21-13-7-5-8-14-21)17-11-3-1-2-4-12-18-24(28)20-26(30)22-15-9-6-10-16-22;2*1-2-3;/h5-10,13-16,19-20,29-30H,1-4,11-12,17-18H2;2*2H2,1H3;/q;2*-1;+4/p-2. The number of carbonyl (C=O) groups excluding carboxylic acids is 2. The fraction of sp³-hybridized carbons (Fsp3) is 0.400. The number of rotatable bonds is 13. The summed E-state index contributed by atoms with van der Waals surface area (Å²) in [6, 6.07) is 17.6. The molecule has 0 aliphatic heterocycles. The summed E-state index contributed by atoms with van der Waals surface area (Å²) in [5.41, 5.74) is 1.06. The van der Waals surface area contributed by atoms with Gasteiger partial charge in [0.2, 0.25) is 0 Å². The van der Waals surface area contributed by atoms with Crippen LogP contribution < -0.4 is 20.4 Å². The molecule has 0 saturated carbocycles. The summed E-state index contributed by atoms with van der Waals surface area (Å²) >= 11 is 0. The number of ketones is 2. The minimum Gasteiger partial charge on any atom is -0.872 e. The Bertz CT molecular complexity index is 819. The van der Waals surface area contributed by atoms with Crippen molar-refractivity contribution in [1.29, 1.82) is 0 Å². The molecule has 2 rings (SSSR count). The van der Waals surface area contributed by atoms with Gasteiger partial charge in [-0.3, -0.25) is 9.59 Å². The van der Waals surface area contributed by atoms with Crippen molar-refractivity contribution in [3.63, 3.8) is 0 Å². The second kappa shape index (κ2) is 25.2. The Labute approximate surface area is 236 Å². The number of hydrogen-bond acceptors (Lipinski definition) is 6. The third-order valence-electron chi connectivity index (χ3n) is 4.80. The zero-order valence-corrected chi connectivity index (χ0v) is 23.5. The third-order valence-corrected chi connectivity index (χ3v) is 4.80. The van der Waals surface area contributed by atoms with E-state index in [1.165, 1.54) is 12.2 Å². The fourth-order valence-corrected chi connectivity index (χ4v) is 3.11. The van der Waals surface area contributed by atoms with Crippen molar-refractivity contribution in [2.45, 2.75) is 65.2 Å². The maximum atomic E-state index is 11.9. The monoisotopic (exact) mass is 542 g/mol. The van der Waals surface area contributed by atoms with Crippen molar-refractivity contribution in [3.8, 4) is 0 Å². The van der Waals surface area contributed by atoms with Gasteiger partial charge in [-0.05, 0) is 36.1 Å². The Kier molecular flexibility index (Phi) is 24.9. The van der Waals surface area contributed by atoms with Crippen LogP contribution in [-0.2, 0) is 31.3 Å². The predicted octanol–water partition coefficient (Wildman–Crippen LogP) is 2.78. The van der Waals surface area contributed by atoms with E-state index in [2.05, 4.69) is 0 Å². The molecule has 0 aliphatic rings. The van der Waals surface area contributed by atoms with E-state index in [1.54, 1.807) is 62.4 Å². The van der Waals surface area contributed by atoms with Crippen molar-refractivity contribution < 1.29 is 51.7 Å². The first-order valence-electron chi connectivity index (χ1n) is 12.5. The Morgan fingerprint density at radius 1 is 0.595 bits per heavy atom. The molecular weight excluding hydrogens is 504 g/mol. The summed E-state index contributed by atoms with van der Waals surface area (Å²) < 4.78 is 0. The van der Waals surface area contributed by atoms with Crippen LogP contribution in [0.15, 0.2) is 72.8 Å². The van der Waals surface area contributed by atoms with Gasteiger partial charge in [-0.25, -0.2) is 0 Å². The average molecular weight is 542 g/mol. The van der Waals surface area contributed by atoms with E-state index in [1.807, 2.05) is 12.1 Å². The van der Waals surface area contributed by atoms with Gasteiger partial charge in [0.05, 0.1) is 0 Å². The van der Waals surface area contributed by atoms with Gasteiger partial charge < -0.3 is 20.4 Å². The second-order valence-electron chi connectivity index (χ2n) is 7.88. The van der Waals surface area contributed by atoms with Gasteiger partial charge in [0.15, 0.2) is 11.6 Å². The molecule has 0 fully saturated rings. The molecule has 7 heteroatoms. The maximum Gasteiger partial charge on any atom is 4.00 e. The van der Waals surface area contributed by atoms with Gasteiger partial charge >= 0.3 is 21.7 Å². The van der Waals surface area contributed by atoms with E-state index < -0.39 is 0 Å². The molecular formula is C30H38O6Ti. The zero-order chi connectivity index (χ0) is 27.0. The minimum absolute atomic E-state index is 0. The molecule has 2 aromatic carbocycles. The summed E-state index contributed by atoms with van der Waals surface area (Å²) in [5.74, 6) is -0.748. The summed E-state index contributed by atoms with van der Waals surface area (Å²) in [6.45, 7) is 3.14. The first-order chi connectivity index (χ1) is 17.4. The molecule has 0 radical (unpaired) electrons. The third kappa shape index (κ3) is 20.3. The Morgan fingerprint density at radius 3 is 1.16 bits per heavy atom. The van der Waals surface area contributed by atoms with Crippen LogP contribution in [0.4, 0.5) is 0 Å². The van der Waals surface area contributed by atoms with Crippen LogP contribution in [0.2, 0.25) is 0 Å². The van der Waals surface area contributed by atoms with Gasteiger partial charge in [0.1, 0.15) is 0 Å². The van der Waals surface area contributed by atoms with E-state index >= 15 is 0 Å². The number of benzene rings is 2. The number of unbranched alkanes of at least 4 members (excludes halogenated alkanes) is 5. The van der Waals surface area contributed by atoms with Gasteiger partial charge in [-0.2, -0.15) is 0 Å². The molecule has 0 bridgehead atoms. The van der Waals surface area contributed by atoms with Gasteiger partial charge in [0.25, 0.3) is 0 Å². The van der Waals surface area contributed by atoms with E-state index in [0.717, 1.165) is 38.5 Å². The molecule has 6 nitrogen and oxygen atoms in total. The Balaban J connectivity index is 0. The molecule has 0 aliphatic carbocycles. The largest absolute Gasteiger partial charge is 4.00 e. The fourth-order valence-electron chi connectivity index (χ4n) is 3.11.